The number of alkyl halides is 3. The maximum absolute atomic E-state index is 13.6. The van der Waals surface area contributed by atoms with Crippen molar-refractivity contribution in [2.45, 2.75) is 51.5 Å². The zero-order valence-corrected chi connectivity index (χ0v) is 21.9. The monoisotopic (exact) mass is 562 g/mol. The first kappa shape index (κ1) is 31.7. The number of anilines is 1. The van der Waals surface area contributed by atoms with Gasteiger partial charge < -0.3 is 21.2 Å². The molecule has 0 unspecified atom stereocenters. The second kappa shape index (κ2) is 13.5. The van der Waals surface area contributed by atoms with Gasteiger partial charge in [-0.3, -0.25) is 24.1 Å². The molecular weight excluding hydrogens is 533 g/mol. The molecule has 0 radical (unpaired) electrons. The predicted molar refractivity (Wildman–Crippen MR) is 141 cm³/mol. The molecular formula is C27H29F3N4O6. The largest absolute Gasteiger partial charge is 0.446 e. The van der Waals surface area contributed by atoms with Gasteiger partial charge in [0.25, 0.3) is 0 Å². The normalized spacial score (nSPS) is 13.3. The number of primary amides is 1. The number of hydrogen-bond acceptors (Lipinski definition) is 7. The number of benzene rings is 2. The minimum atomic E-state index is -4.64. The van der Waals surface area contributed by atoms with Crippen LogP contribution in [0.5, 0.6) is 0 Å². The molecule has 3 atom stereocenters. The Hall–Kier alpha value is -4.52. The molecule has 3 aromatic rings. The van der Waals surface area contributed by atoms with E-state index in [0.29, 0.717) is 16.6 Å². The zero-order valence-electron chi connectivity index (χ0n) is 21.9. The topological polar surface area (TPSA) is 166 Å². The van der Waals surface area contributed by atoms with Crippen molar-refractivity contribution in [3.8, 4) is 0 Å². The third-order valence-corrected chi connectivity index (χ3v) is 5.64. The number of nitrogens with zero attached hydrogens (tertiary/aromatic N) is 1. The summed E-state index contributed by atoms with van der Waals surface area (Å²) in [7, 11) is 0. The highest BCUT2D eigenvalue weighted by atomic mass is 19.4. The third kappa shape index (κ3) is 8.76. The van der Waals surface area contributed by atoms with Crippen LogP contribution in [0.1, 0.15) is 25.0 Å². The van der Waals surface area contributed by atoms with Crippen LogP contribution >= 0.6 is 0 Å². The summed E-state index contributed by atoms with van der Waals surface area (Å²) in [5, 5.41) is 3.25. The number of carbonyl (C=O) groups excluding carboxylic acids is 4. The Morgan fingerprint density at radius 2 is 1.68 bits per heavy atom. The first-order chi connectivity index (χ1) is 18.6. The Labute approximate surface area is 227 Å². The van der Waals surface area contributed by atoms with E-state index >= 15 is 0 Å². The number of halogens is 3. The van der Waals surface area contributed by atoms with Gasteiger partial charge in [-0.1, -0.05) is 30.3 Å². The van der Waals surface area contributed by atoms with Gasteiger partial charge in [0.15, 0.2) is 0 Å². The van der Waals surface area contributed by atoms with E-state index in [2.05, 4.69) is 5.32 Å². The fraction of sp³-hybridized carbons (Fsp3) is 0.296. The van der Waals surface area contributed by atoms with E-state index in [4.69, 9.17) is 20.7 Å². The number of carbonyl (C=O) groups is 4. The molecule has 0 aliphatic heterocycles. The maximum atomic E-state index is 13.6. The average molecular weight is 563 g/mol. The molecule has 10 nitrogen and oxygen atoms in total. The van der Waals surface area contributed by atoms with Gasteiger partial charge in [-0.25, -0.2) is 4.79 Å². The highest BCUT2D eigenvalue weighted by molar-refractivity contribution is 6.05. The maximum Gasteiger partial charge on any atom is 0.446 e. The summed E-state index contributed by atoms with van der Waals surface area (Å²) in [6.45, 7) is 4.77. The Balaban J connectivity index is 0.000000840. The van der Waals surface area contributed by atoms with Gasteiger partial charge in [-0.15, -0.1) is 0 Å². The molecule has 3 rings (SSSR count). The fourth-order valence-corrected chi connectivity index (χ4v) is 3.70. The standard InChI is InChI=1S/C25H28N4O5.C2HF3O/c1-14-11-22(30)34-21-13-18(9-10-19(14)21)29(25(33)16(3)28-24(32)15(2)26)20(23(27)31)12-17-7-5-4-6-8-17;3-2(4,5)1-6/h4-11,13,15-16,20H,12,26H2,1-3H3,(H2,27,31)(H,28,32);1H/t15-,16-,20-;/m0./s1. The van der Waals surface area contributed by atoms with E-state index in [0.717, 1.165) is 5.56 Å². The van der Waals surface area contributed by atoms with Crippen LogP contribution in [-0.4, -0.2) is 48.3 Å². The van der Waals surface area contributed by atoms with Crippen LogP contribution in [-0.2, 0) is 25.6 Å². The molecule has 0 bridgehead atoms. The summed E-state index contributed by atoms with van der Waals surface area (Å²) in [5.74, 6) is -1.81. The van der Waals surface area contributed by atoms with Crippen molar-refractivity contribution in [1.82, 2.24) is 5.32 Å². The van der Waals surface area contributed by atoms with Gasteiger partial charge in [0.05, 0.1) is 6.04 Å². The van der Waals surface area contributed by atoms with Crippen LogP contribution < -0.4 is 27.3 Å². The van der Waals surface area contributed by atoms with E-state index < -0.39 is 53.9 Å². The average Bonchev–Trinajstić information content (AvgIpc) is 2.88. The predicted octanol–water partition coefficient (Wildman–Crippen LogP) is 2.13. The zero-order chi connectivity index (χ0) is 30.2. The summed E-state index contributed by atoms with van der Waals surface area (Å²) in [5.41, 5.74) is 12.9. The lowest BCUT2D eigenvalue weighted by Gasteiger charge is -2.32. The Kier molecular flexibility index (Phi) is 10.7. The lowest BCUT2D eigenvalue weighted by atomic mass is 10.0. The molecule has 0 spiro atoms. The number of rotatable bonds is 8. The number of aldehydes is 1. The van der Waals surface area contributed by atoms with E-state index in [9.17, 15) is 32.3 Å². The van der Waals surface area contributed by atoms with Crippen molar-refractivity contribution in [2.24, 2.45) is 11.5 Å². The fourth-order valence-electron chi connectivity index (χ4n) is 3.70. The van der Waals surface area contributed by atoms with E-state index in [1.807, 2.05) is 30.3 Å². The van der Waals surface area contributed by atoms with Gasteiger partial charge in [-0.05, 0) is 44.0 Å². The van der Waals surface area contributed by atoms with Crippen molar-refractivity contribution in [1.29, 1.82) is 0 Å². The highest BCUT2D eigenvalue weighted by Gasteiger charge is 2.34. The molecule has 40 heavy (non-hydrogen) atoms. The van der Waals surface area contributed by atoms with Gasteiger partial charge in [-0.2, -0.15) is 13.2 Å². The number of aryl methyl sites for hydroxylation is 1. The molecule has 5 N–H and O–H groups in total. The lowest BCUT2D eigenvalue weighted by Crippen LogP contribution is -2.56. The molecule has 13 heteroatoms. The summed E-state index contributed by atoms with van der Waals surface area (Å²) in [6, 6.07) is 12.5. The summed E-state index contributed by atoms with van der Waals surface area (Å²) >= 11 is 0. The van der Waals surface area contributed by atoms with Gasteiger partial charge in [0.1, 0.15) is 17.7 Å². The van der Waals surface area contributed by atoms with Crippen LogP contribution in [0.3, 0.4) is 0 Å². The summed E-state index contributed by atoms with van der Waals surface area (Å²) in [6.07, 6.45) is -5.56. The number of amides is 3. The first-order valence-electron chi connectivity index (χ1n) is 11.9. The Morgan fingerprint density at radius 1 is 1.07 bits per heavy atom. The highest BCUT2D eigenvalue weighted by Crippen LogP contribution is 2.27. The molecule has 0 saturated heterocycles. The molecule has 0 fully saturated rings. The molecule has 0 aliphatic rings. The first-order valence-corrected chi connectivity index (χ1v) is 11.9. The van der Waals surface area contributed by atoms with Crippen LogP contribution in [0.25, 0.3) is 11.0 Å². The molecule has 1 aromatic heterocycles. The van der Waals surface area contributed by atoms with Crippen LogP contribution in [0.4, 0.5) is 18.9 Å². The van der Waals surface area contributed by atoms with Crippen molar-refractivity contribution in [3.05, 3.63) is 76.1 Å². The minimum absolute atomic E-state index is 0.145. The molecule has 1 heterocycles. The van der Waals surface area contributed by atoms with E-state index in [1.165, 1.54) is 30.9 Å². The number of nitrogens with one attached hydrogen (secondary N) is 1. The van der Waals surface area contributed by atoms with Crippen LogP contribution in [0, 0.1) is 6.92 Å². The number of fused-ring (bicyclic) bond motifs is 1. The minimum Gasteiger partial charge on any atom is -0.423 e. The van der Waals surface area contributed by atoms with Crippen molar-refractivity contribution in [3.63, 3.8) is 0 Å². The number of hydrogen-bond donors (Lipinski definition) is 3. The summed E-state index contributed by atoms with van der Waals surface area (Å²) < 4.78 is 36.6. The molecule has 2 aromatic carbocycles. The van der Waals surface area contributed by atoms with Crippen molar-refractivity contribution < 1.29 is 36.8 Å². The lowest BCUT2D eigenvalue weighted by molar-refractivity contribution is -0.156. The smallest absolute Gasteiger partial charge is 0.423 e. The van der Waals surface area contributed by atoms with Crippen molar-refractivity contribution in [2.75, 3.05) is 4.90 Å². The SMILES string of the molecule is Cc1cc(=O)oc2cc(N(C(=O)[C@H](C)NC(=O)[C@H](C)N)[C@@H](Cc3ccccc3)C(N)=O)ccc12.O=CC(F)(F)F. The van der Waals surface area contributed by atoms with Gasteiger partial charge in [0.2, 0.25) is 24.0 Å². The Morgan fingerprint density at radius 3 is 2.20 bits per heavy atom. The van der Waals surface area contributed by atoms with Gasteiger partial charge >= 0.3 is 11.8 Å². The Bertz CT molecular complexity index is 1420. The molecule has 0 saturated carbocycles. The van der Waals surface area contributed by atoms with Crippen LogP contribution in [0.15, 0.2) is 63.8 Å². The molecule has 0 aliphatic carbocycles. The van der Waals surface area contributed by atoms with Gasteiger partial charge in [0, 0.05) is 29.6 Å². The number of nitrogens with two attached hydrogens (primary N) is 2. The van der Waals surface area contributed by atoms with Crippen LogP contribution in [0.2, 0.25) is 0 Å². The van der Waals surface area contributed by atoms with Crippen molar-refractivity contribution >= 4 is 40.7 Å². The second-order valence-electron chi connectivity index (χ2n) is 8.92. The van der Waals surface area contributed by atoms with E-state index in [1.54, 1.807) is 19.1 Å². The third-order valence-electron chi connectivity index (χ3n) is 5.64. The second-order valence-corrected chi connectivity index (χ2v) is 8.92. The molecule has 3 amide bonds. The summed E-state index contributed by atoms with van der Waals surface area (Å²) in [4.78, 5) is 60.1. The quantitative estimate of drug-likeness (QED) is 0.279. The molecule has 214 valence electrons. The van der Waals surface area contributed by atoms with E-state index in [-0.39, 0.29) is 12.0 Å².